The predicted molar refractivity (Wildman–Crippen MR) is 105 cm³/mol. The minimum Gasteiger partial charge on any atom is -0.295 e. The van der Waals surface area contributed by atoms with E-state index in [9.17, 15) is 13.2 Å². The molecule has 0 aliphatic heterocycles. The quantitative estimate of drug-likeness (QED) is 0.559. The van der Waals surface area contributed by atoms with Crippen LogP contribution in [0.1, 0.15) is 28.5 Å². The van der Waals surface area contributed by atoms with Gasteiger partial charge in [-0.05, 0) is 38.1 Å². The number of rotatable bonds is 4. The van der Waals surface area contributed by atoms with Crippen molar-refractivity contribution in [1.29, 1.82) is 0 Å². The molecule has 0 saturated heterocycles. The van der Waals surface area contributed by atoms with E-state index in [1.807, 2.05) is 25.1 Å². The van der Waals surface area contributed by atoms with Gasteiger partial charge in [0.15, 0.2) is 5.78 Å². The zero-order chi connectivity index (χ0) is 19.4. The average Bonchev–Trinajstić information content (AvgIpc) is 2.65. The van der Waals surface area contributed by atoms with Crippen molar-refractivity contribution in [2.24, 2.45) is 0 Å². The van der Waals surface area contributed by atoms with Crippen molar-refractivity contribution in [2.75, 3.05) is 6.54 Å². The van der Waals surface area contributed by atoms with Crippen molar-refractivity contribution in [1.82, 2.24) is 9.71 Å². The summed E-state index contributed by atoms with van der Waals surface area (Å²) >= 11 is 0. The number of nitrogens with zero attached hydrogens (tertiary/aromatic N) is 1. The molecule has 0 bridgehead atoms. The number of sulfonamides is 1. The maximum atomic E-state index is 12.6. The number of hydrogen-bond acceptors (Lipinski definition) is 4. The van der Waals surface area contributed by atoms with E-state index >= 15 is 0 Å². The lowest BCUT2D eigenvalue weighted by Crippen LogP contribution is -2.24. The topological polar surface area (TPSA) is 76.1 Å². The molecular formula is C21H18N2O3S. The SMILES string of the molecule is CC(=O)c1ccc(C#CCNS(=O)(=O)c2cccc3ccc(C)nc23)cc1. The molecule has 0 radical (unpaired) electrons. The Morgan fingerprint density at radius 1 is 1.07 bits per heavy atom. The molecule has 0 saturated carbocycles. The Kier molecular flexibility index (Phi) is 5.36. The lowest BCUT2D eigenvalue weighted by Gasteiger charge is -2.07. The molecule has 3 aromatic rings. The molecule has 0 unspecified atom stereocenters. The van der Waals surface area contributed by atoms with Gasteiger partial charge in [-0.3, -0.25) is 9.78 Å². The maximum Gasteiger partial charge on any atom is 0.243 e. The normalized spacial score (nSPS) is 11.0. The minimum absolute atomic E-state index is 0.0128. The molecule has 1 aromatic heterocycles. The molecule has 0 atom stereocenters. The molecule has 5 nitrogen and oxygen atoms in total. The highest BCUT2D eigenvalue weighted by Crippen LogP contribution is 2.21. The molecule has 2 aromatic carbocycles. The second-order valence-corrected chi connectivity index (χ2v) is 7.78. The minimum atomic E-state index is -3.74. The van der Waals surface area contributed by atoms with Crippen LogP contribution in [0.3, 0.4) is 0 Å². The standard InChI is InChI=1S/C21H18N2O3S/c1-15-8-11-19-6-3-7-20(21(19)23-15)27(25,26)22-14-4-5-17-9-12-18(13-10-17)16(2)24/h3,6-13,22H,14H2,1-2H3. The van der Waals surface area contributed by atoms with Crippen LogP contribution in [-0.4, -0.2) is 25.7 Å². The highest BCUT2D eigenvalue weighted by molar-refractivity contribution is 7.89. The zero-order valence-corrected chi connectivity index (χ0v) is 15.8. The number of aryl methyl sites for hydroxylation is 1. The van der Waals surface area contributed by atoms with E-state index in [0.29, 0.717) is 16.6 Å². The van der Waals surface area contributed by atoms with E-state index in [2.05, 4.69) is 21.5 Å². The van der Waals surface area contributed by atoms with Gasteiger partial charge in [-0.1, -0.05) is 42.2 Å². The van der Waals surface area contributed by atoms with Crippen LogP contribution in [0.4, 0.5) is 0 Å². The lowest BCUT2D eigenvalue weighted by atomic mass is 10.1. The van der Waals surface area contributed by atoms with Crippen LogP contribution < -0.4 is 4.72 Å². The predicted octanol–water partition coefficient (Wildman–Crippen LogP) is 3.08. The number of fused-ring (bicyclic) bond motifs is 1. The number of pyridine rings is 1. The molecule has 0 spiro atoms. The highest BCUT2D eigenvalue weighted by atomic mass is 32.2. The Hall–Kier alpha value is -3.01. The van der Waals surface area contributed by atoms with Gasteiger partial charge in [0.1, 0.15) is 4.90 Å². The van der Waals surface area contributed by atoms with Gasteiger partial charge in [-0.15, -0.1) is 0 Å². The first-order chi connectivity index (χ1) is 12.9. The van der Waals surface area contributed by atoms with Crippen LogP contribution in [0.2, 0.25) is 0 Å². The van der Waals surface area contributed by atoms with Gasteiger partial charge in [-0.2, -0.15) is 4.72 Å². The number of carbonyl (C=O) groups is 1. The average molecular weight is 378 g/mol. The van der Waals surface area contributed by atoms with Crippen molar-refractivity contribution in [3.63, 3.8) is 0 Å². The monoisotopic (exact) mass is 378 g/mol. The van der Waals surface area contributed by atoms with Crippen LogP contribution in [0, 0.1) is 18.8 Å². The van der Waals surface area contributed by atoms with E-state index in [1.165, 1.54) is 13.0 Å². The molecule has 0 aliphatic rings. The molecule has 1 N–H and O–H groups in total. The summed E-state index contributed by atoms with van der Waals surface area (Å²) in [5.41, 5.74) is 2.51. The van der Waals surface area contributed by atoms with Crippen molar-refractivity contribution >= 4 is 26.7 Å². The fourth-order valence-corrected chi connectivity index (χ4v) is 3.67. The van der Waals surface area contributed by atoms with Gasteiger partial charge < -0.3 is 0 Å². The third-order valence-electron chi connectivity index (χ3n) is 3.99. The van der Waals surface area contributed by atoms with Gasteiger partial charge in [0.25, 0.3) is 0 Å². The smallest absolute Gasteiger partial charge is 0.243 e. The molecule has 1 heterocycles. The van der Waals surface area contributed by atoms with Crippen molar-refractivity contribution in [3.8, 4) is 11.8 Å². The highest BCUT2D eigenvalue weighted by Gasteiger charge is 2.17. The van der Waals surface area contributed by atoms with Gasteiger partial charge >= 0.3 is 0 Å². The number of ketones is 1. The van der Waals surface area contributed by atoms with Crippen LogP contribution in [0.15, 0.2) is 59.5 Å². The third-order valence-corrected chi connectivity index (χ3v) is 5.42. The number of Topliss-reactive ketones (excluding diaryl/α,β-unsaturated/α-hetero) is 1. The molecule has 3 rings (SSSR count). The number of para-hydroxylation sites is 1. The van der Waals surface area contributed by atoms with E-state index in [0.717, 1.165) is 11.1 Å². The first-order valence-corrected chi connectivity index (χ1v) is 9.81. The fraction of sp³-hybridized carbons (Fsp3) is 0.143. The van der Waals surface area contributed by atoms with E-state index in [4.69, 9.17) is 0 Å². The molecule has 6 heteroatoms. The van der Waals surface area contributed by atoms with Gasteiger partial charge in [-0.25, -0.2) is 8.42 Å². The Balaban J connectivity index is 1.77. The Labute approximate surface area is 158 Å². The van der Waals surface area contributed by atoms with Crippen molar-refractivity contribution in [3.05, 3.63) is 71.4 Å². The molecule has 0 aliphatic carbocycles. The van der Waals surface area contributed by atoms with Gasteiger partial charge in [0.05, 0.1) is 12.1 Å². The zero-order valence-electron chi connectivity index (χ0n) is 15.0. The first-order valence-electron chi connectivity index (χ1n) is 8.33. The van der Waals surface area contributed by atoms with E-state index in [1.54, 1.807) is 30.3 Å². The largest absolute Gasteiger partial charge is 0.295 e. The summed E-state index contributed by atoms with van der Waals surface area (Å²) in [6, 6.07) is 15.6. The number of benzene rings is 2. The summed E-state index contributed by atoms with van der Waals surface area (Å²) in [6.07, 6.45) is 0. The Morgan fingerprint density at radius 3 is 2.52 bits per heavy atom. The van der Waals surface area contributed by atoms with Gasteiger partial charge in [0.2, 0.25) is 10.0 Å². The fourth-order valence-electron chi connectivity index (χ4n) is 2.58. The van der Waals surface area contributed by atoms with Crippen LogP contribution in [0.25, 0.3) is 10.9 Å². The molecular weight excluding hydrogens is 360 g/mol. The summed E-state index contributed by atoms with van der Waals surface area (Å²) in [7, 11) is -3.74. The summed E-state index contributed by atoms with van der Waals surface area (Å²) < 4.78 is 27.8. The number of nitrogens with one attached hydrogen (secondary N) is 1. The van der Waals surface area contributed by atoms with Crippen LogP contribution >= 0.6 is 0 Å². The third kappa shape index (κ3) is 4.40. The summed E-state index contributed by atoms with van der Waals surface area (Å²) in [6.45, 7) is 3.29. The van der Waals surface area contributed by atoms with Crippen molar-refractivity contribution < 1.29 is 13.2 Å². The second-order valence-electron chi connectivity index (χ2n) is 6.04. The van der Waals surface area contributed by atoms with Crippen LogP contribution in [-0.2, 0) is 10.0 Å². The summed E-state index contributed by atoms with van der Waals surface area (Å²) in [4.78, 5) is 15.8. The lowest BCUT2D eigenvalue weighted by molar-refractivity contribution is 0.101. The number of aromatic nitrogens is 1. The van der Waals surface area contributed by atoms with Gasteiger partial charge in [0, 0.05) is 22.2 Å². The number of carbonyl (C=O) groups excluding carboxylic acids is 1. The maximum absolute atomic E-state index is 12.6. The van der Waals surface area contributed by atoms with E-state index in [-0.39, 0.29) is 17.2 Å². The summed E-state index contributed by atoms with van der Waals surface area (Å²) in [5, 5.41) is 0.764. The van der Waals surface area contributed by atoms with Crippen molar-refractivity contribution in [2.45, 2.75) is 18.7 Å². The molecule has 27 heavy (non-hydrogen) atoms. The molecule has 136 valence electrons. The molecule has 0 fully saturated rings. The Bertz CT molecular complexity index is 1170. The van der Waals surface area contributed by atoms with E-state index < -0.39 is 10.0 Å². The summed E-state index contributed by atoms with van der Waals surface area (Å²) in [5.74, 6) is 5.65. The molecule has 0 amide bonds. The Morgan fingerprint density at radius 2 is 1.81 bits per heavy atom. The number of hydrogen-bond donors (Lipinski definition) is 1. The van der Waals surface area contributed by atoms with Crippen LogP contribution in [0.5, 0.6) is 0 Å². The first kappa shape index (κ1) is 18.8. The second kappa shape index (κ2) is 7.70.